The van der Waals surface area contributed by atoms with E-state index in [1.165, 1.54) is 7.11 Å². The summed E-state index contributed by atoms with van der Waals surface area (Å²) in [5.41, 5.74) is 2.95. The molecule has 2 aromatic carbocycles. The summed E-state index contributed by atoms with van der Waals surface area (Å²) in [5.74, 6) is -1.65. The van der Waals surface area contributed by atoms with Crippen molar-refractivity contribution in [1.29, 1.82) is 0 Å². The molecule has 0 spiro atoms. The van der Waals surface area contributed by atoms with Gasteiger partial charge in [-0.15, -0.1) is 0 Å². The molecule has 0 aliphatic carbocycles. The van der Waals surface area contributed by atoms with Crippen molar-refractivity contribution in [1.82, 2.24) is 5.32 Å². The van der Waals surface area contributed by atoms with E-state index in [1.807, 2.05) is 68.4 Å². The second-order valence-electron chi connectivity index (χ2n) is 6.85. The van der Waals surface area contributed by atoms with Crippen molar-refractivity contribution >= 4 is 17.8 Å². The SMILES string of the molecule is CC[C@H](C)[C@H](NC(=O)COC(=O)Cc1ccc(-c2ccccc2)cc1)C(=O)OC. The Labute approximate surface area is 171 Å². The number of methoxy groups -OCH3 is 1. The standard InChI is InChI=1S/C23H27NO5/c1-4-16(2)22(23(27)28-3)24-20(25)15-29-21(26)14-17-10-12-19(13-11-17)18-8-6-5-7-9-18/h5-13,16,22H,4,14-15H2,1-3H3,(H,24,25)/t16-,22-/m0/s1. The topological polar surface area (TPSA) is 81.7 Å². The third kappa shape index (κ3) is 6.75. The normalized spacial score (nSPS) is 12.5. The molecule has 0 aliphatic heterocycles. The van der Waals surface area contributed by atoms with Crippen molar-refractivity contribution < 1.29 is 23.9 Å². The number of amides is 1. The molecule has 2 atom stereocenters. The van der Waals surface area contributed by atoms with Crippen LogP contribution in [-0.2, 0) is 30.3 Å². The number of rotatable bonds is 9. The van der Waals surface area contributed by atoms with Crippen LogP contribution in [0.4, 0.5) is 0 Å². The molecule has 2 rings (SSSR count). The predicted molar refractivity (Wildman–Crippen MR) is 110 cm³/mol. The highest BCUT2D eigenvalue weighted by molar-refractivity contribution is 5.86. The highest BCUT2D eigenvalue weighted by Crippen LogP contribution is 2.19. The maximum absolute atomic E-state index is 12.1. The van der Waals surface area contributed by atoms with Gasteiger partial charge in [-0.3, -0.25) is 9.59 Å². The van der Waals surface area contributed by atoms with Gasteiger partial charge in [0.15, 0.2) is 6.61 Å². The summed E-state index contributed by atoms with van der Waals surface area (Å²) in [6.45, 7) is 3.31. The van der Waals surface area contributed by atoms with Gasteiger partial charge < -0.3 is 14.8 Å². The first-order chi connectivity index (χ1) is 13.9. The summed E-state index contributed by atoms with van der Waals surface area (Å²) in [6.07, 6.45) is 0.757. The van der Waals surface area contributed by atoms with E-state index in [2.05, 4.69) is 5.32 Å². The summed E-state index contributed by atoms with van der Waals surface area (Å²) in [7, 11) is 1.27. The molecule has 0 radical (unpaired) electrons. The van der Waals surface area contributed by atoms with Gasteiger partial charge in [-0.1, -0.05) is 74.9 Å². The molecule has 154 valence electrons. The highest BCUT2D eigenvalue weighted by atomic mass is 16.5. The molecule has 0 saturated heterocycles. The number of hydrogen-bond acceptors (Lipinski definition) is 5. The average Bonchev–Trinajstić information content (AvgIpc) is 2.76. The molecular formula is C23H27NO5. The Balaban J connectivity index is 1.84. The van der Waals surface area contributed by atoms with Crippen LogP contribution in [0.25, 0.3) is 11.1 Å². The Hall–Kier alpha value is -3.15. The number of carbonyl (C=O) groups excluding carboxylic acids is 3. The van der Waals surface area contributed by atoms with Gasteiger partial charge in [0.05, 0.1) is 13.5 Å². The lowest BCUT2D eigenvalue weighted by molar-refractivity contribution is -0.150. The summed E-state index contributed by atoms with van der Waals surface area (Å²) < 4.78 is 9.77. The van der Waals surface area contributed by atoms with E-state index >= 15 is 0 Å². The van der Waals surface area contributed by atoms with Crippen LogP contribution in [0.3, 0.4) is 0 Å². The summed E-state index contributed by atoms with van der Waals surface area (Å²) in [6, 6.07) is 16.8. The minimum atomic E-state index is -0.762. The van der Waals surface area contributed by atoms with Crippen molar-refractivity contribution in [2.75, 3.05) is 13.7 Å². The Morgan fingerprint density at radius 1 is 0.966 bits per heavy atom. The Bertz CT molecular complexity index is 817. The summed E-state index contributed by atoms with van der Waals surface area (Å²) in [5, 5.41) is 2.57. The molecule has 0 unspecified atom stereocenters. The molecule has 0 fully saturated rings. The molecule has 29 heavy (non-hydrogen) atoms. The minimum absolute atomic E-state index is 0.0636. The van der Waals surface area contributed by atoms with Crippen LogP contribution in [-0.4, -0.2) is 37.6 Å². The van der Waals surface area contributed by atoms with Gasteiger partial charge in [-0.05, 0) is 22.6 Å². The average molecular weight is 397 g/mol. The third-order valence-corrected chi connectivity index (χ3v) is 4.76. The van der Waals surface area contributed by atoms with Crippen LogP contribution >= 0.6 is 0 Å². The van der Waals surface area contributed by atoms with Crippen molar-refractivity contribution in [3.8, 4) is 11.1 Å². The van der Waals surface area contributed by atoms with Crippen LogP contribution in [0.5, 0.6) is 0 Å². The van der Waals surface area contributed by atoms with E-state index in [1.54, 1.807) is 0 Å². The maximum atomic E-state index is 12.1. The van der Waals surface area contributed by atoms with E-state index in [0.29, 0.717) is 6.42 Å². The molecule has 6 nitrogen and oxygen atoms in total. The molecule has 0 aliphatic rings. The lowest BCUT2D eigenvalue weighted by Gasteiger charge is -2.21. The lowest BCUT2D eigenvalue weighted by Crippen LogP contribution is -2.47. The number of carbonyl (C=O) groups is 3. The fourth-order valence-electron chi connectivity index (χ4n) is 2.82. The van der Waals surface area contributed by atoms with Crippen molar-refractivity contribution in [2.24, 2.45) is 5.92 Å². The largest absolute Gasteiger partial charge is 0.467 e. The van der Waals surface area contributed by atoms with E-state index in [9.17, 15) is 14.4 Å². The van der Waals surface area contributed by atoms with E-state index in [0.717, 1.165) is 16.7 Å². The predicted octanol–water partition coefficient (Wildman–Crippen LogP) is 3.14. The lowest BCUT2D eigenvalue weighted by atomic mass is 9.99. The fourth-order valence-corrected chi connectivity index (χ4v) is 2.82. The zero-order valence-electron chi connectivity index (χ0n) is 17.0. The first-order valence-corrected chi connectivity index (χ1v) is 9.61. The van der Waals surface area contributed by atoms with Crippen LogP contribution in [0.2, 0.25) is 0 Å². The van der Waals surface area contributed by atoms with Gasteiger partial charge in [-0.2, -0.15) is 0 Å². The quantitative estimate of drug-likeness (QED) is 0.658. The van der Waals surface area contributed by atoms with Crippen LogP contribution in [0, 0.1) is 5.92 Å². The van der Waals surface area contributed by atoms with Crippen molar-refractivity contribution in [2.45, 2.75) is 32.7 Å². The van der Waals surface area contributed by atoms with Crippen LogP contribution in [0.1, 0.15) is 25.8 Å². The Kier molecular flexibility index (Phi) is 8.40. The molecule has 0 heterocycles. The van der Waals surface area contributed by atoms with Gasteiger partial charge >= 0.3 is 11.9 Å². The molecular weight excluding hydrogens is 370 g/mol. The second-order valence-corrected chi connectivity index (χ2v) is 6.85. The summed E-state index contributed by atoms with van der Waals surface area (Å²) >= 11 is 0. The minimum Gasteiger partial charge on any atom is -0.467 e. The smallest absolute Gasteiger partial charge is 0.328 e. The molecule has 1 N–H and O–H groups in total. The number of nitrogens with one attached hydrogen (secondary N) is 1. The fraction of sp³-hybridized carbons (Fsp3) is 0.348. The molecule has 0 saturated carbocycles. The highest BCUT2D eigenvalue weighted by Gasteiger charge is 2.26. The number of esters is 2. The van der Waals surface area contributed by atoms with E-state index in [-0.39, 0.29) is 12.3 Å². The second kappa shape index (κ2) is 11.0. The van der Waals surface area contributed by atoms with Crippen molar-refractivity contribution in [3.63, 3.8) is 0 Å². The zero-order valence-corrected chi connectivity index (χ0v) is 17.0. The first kappa shape index (κ1) is 22.1. The van der Waals surface area contributed by atoms with Gasteiger partial charge in [-0.25, -0.2) is 4.79 Å². The molecule has 2 aromatic rings. The molecule has 1 amide bonds. The van der Waals surface area contributed by atoms with Gasteiger partial charge in [0.2, 0.25) is 0 Å². The zero-order chi connectivity index (χ0) is 21.2. The van der Waals surface area contributed by atoms with E-state index < -0.39 is 30.5 Å². The number of benzene rings is 2. The van der Waals surface area contributed by atoms with E-state index in [4.69, 9.17) is 9.47 Å². The number of ether oxygens (including phenoxy) is 2. The molecule has 0 bridgehead atoms. The van der Waals surface area contributed by atoms with Crippen LogP contribution < -0.4 is 5.32 Å². The third-order valence-electron chi connectivity index (χ3n) is 4.76. The Morgan fingerprint density at radius 3 is 2.17 bits per heavy atom. The maximum Gasteiger partial charge on any atom is 0.328 e. The van der Waals surface area contributed by atoms with Gasteiger partial charge in [0.1, 0.15) is 6.04 Å². The number of hydrogen-bond donors (Lipinski definition) is 1. The molecule has 6 heteroatoms. The summed E-state index contributed by atoms with van der Waals surface area (Å²) in [4.78, 5) is 35.9. The van der Waals surface area contributed by atoms with Crippen molar-refractivity contribution in [3.05, 3.63) is 60.2 Å². The van der Waals surface area contributed by atoms with Gasteiger partial charge in [0.25, 0.3) is 5.91 Å². The first-order valence-electron chi connectivity index (χ1n) is 9.61. The Morgan fingerprint density at radius 2 is 1.59 bits per heavy atom. The van der Waals surface area contributed by atoms with Crippen LogP contribution in [0.15, 0.2) is 54.6 Å². The van der Waals surface area contributed by atoms with Gasteiger partial charge in [0, 0.05) is 0 Å². The molecule has 0 aromatic heterocycles. The monoisotopic (exact) mass is 397 g/mol.